The fourth-order valence-electron chi connectivity index (χ4n) is 1.79. The summed E-state index contributed by atoms with van der Waals surface area (Å²) in [5.74, 6) is -1.03. The van der Waals surface area contributed by atoms with Crippen LogP contribution in [0.1, 0.15) is 6.92 Å². The predicted molar refractivity (Wildman–Crippen MR) is 83.6 cm³/mol. The maximum Gasteiger partial charge on any atom is 0.336 e. The van der Waals surface area contributed by atoms with E-state index < -0.39 is 28.1 Å². The van der Waals surface area contributed by atoms with Gasteiger partial charge in [0.05, 0.1) is 26.0 Å². The minimum absolute atomic E-state index is 0.172. The van der Waals surface area contributed by atoms with Gasteiger partial charge in [0, 0.05) is 0 Å². The van der Waals surface area contributed by atoms with E-state index in [2.05, 4.69) is 5.10 Å². The number of nitrogens with one attached hydrogen (secondary N) is 1. The number of aliphatic carboxylic acids is 1. The van der Waals surface area contributed by atoms with Gasteiger partial charge in [0.2, 0.25) is 10.0 Å². The molecule has 0 fully saturated rings. The number of carbonyl (C=O) groups is 1. The molecular formula is C14H17N3O6S. The van der Waals surface area contributed by atoms with Gasteiger partial charge >= 0.3 is 5.97 Å². The molecule has 0 aliphatic rings. The standard InChI is InChI=1S/C14H17N3O6S/c1-14(20,13(18)19)9-16-24(21,22)10-7-15-17(8-10)11-5-3-4-6-12(11)23-2/h3-8,16,20H,9H2,1-2H3,(H,18,19). The van der Waals surface area contributed by atoms with Gasteiger partial charge in [-0.05, 0) is 19.1 Å². The summed E-state index contributed by atoms with van der Waals surface area (Å²) >= 11 is 0. The molecule has 0 saturated carbocycles. The van der Waals surface area contributed by atoms with Crippen LogP contribution in [-0.2, 0) is 14.8 Å². The molecular weight excluding hydrogens is 338 g/mol. The molecule has 1 aromatic heterocycles. The zero-order valence-corrected chi connectivity index (χ0v) is 13.8. The Balaban J connectivity index is 2.25. The third-order valence-corrected chi connectivity index (χ3v) is 4.62. The van der Waals surface area contributed by atoms with Gasteiger partial charge in [0.1, 0.15) is 16.3 Å². The number of sulfonamides is 1. The number of ether oxygens (including phenoxy) is 1. The molecule has 0 aliphatic carbocycles. The van der Waals surface area contributed by atoms with E-state index in [-0.39, 0.29) is 4.90 Å². The molecule has 0 saturated heterocycles. The summed E-state index contributed by atoms with van der Waals surface area (Å²) in [6.45, 7) is 0.320. The molecule has 2 aromatic rings. The average Bonchev–Trinajstić information content (AvgIpc) is 3.03. The molecule has 0 aliphatic heterocycles. The van der Waals surface area contributed by atoms with E-state index >= 15 is 0 Å². The minimum Gasteiger partial charge on any atom is -0.494 e. The first-order valence-corrected chi connectivity index (χ1v) is 8.29. The SMILES string of the molecule is COc1ccccc1-n1cc(S(=O)(=O)NCC(C)(O)C(=O)O)cn1. The van der Waals surface area contributed by atoms with Crippen LogP contribution >= 0.6 is 0 Å². The Morgan fingerprint density at radius 3 is 2.71 bits per heavy atom. The lowest BCUT2D eigenvalue weighted by molar-refractivity contribution is -0.155. The van der Waals surface area contributed by atoms with Gasteiger partial charge in [0.25, 0.3) is 0 Å². The molecule has 1 atom stereocenters. The van der Waals surface area contributed by atoms with Crippen LogP contribution in [0, 0.1) is 0 Å². The number of benzene rings is 1. The Morgan fingerprint density at radius 1 is 1.42 bits per heavy atom. The summed E-state index contributed by atoms with van der Waals surface area (Å²) in [5, 5.41) is 22.4. The van der Waals surface area contributed by atoms with Crippen LogP contribution in [-0.4, -0.2) is 53.6 Å². The smallest absolute Gasteiger partial charge is 0.336 e. The fourth-order valence-corrected chi connectivity index (χ4v) is 2.85. The predicted octanol–water partition coefficient (Wildman–Crippen LogP) is -0.00520. The maximum atomic E-state index is 12.2. The van der Waals surface area contributed by atoms with Crippen molar-refractivity contribution in [1.82, 2.24) is 14.5 Å². The summed E-state index contributed by atoms with van der Waals surface area (Å²) in [4.78, 5) is 10.6. The zero-order valence-electron chi connectivity index (χ0n) is 13.0. The van der Waals surface area contributed by atoms with E-state index in [0.717, 1.165) is 13.1 Å². The second kappa shape index (κ2) is 6.59. The van der Waals surface area contributed by atoms with E-state index in [1.807, 2.05) is 4.72 Å². The first-order valence-electron chi connectivity index (χ1n) is 6.81. The number of rotatable bonds is 7. The number of para-hydroxylation sites is 2. The van der Waals surface area contributed by atoms with Crippen molar-refractivity contribution in [3.63, 3.8) is 0 Å². The summed E-state index contributed by atoms with van der Waals surface area (Å²) in [6, 6.07) is 6.91. The normalized spacial score (nSPS) is 14.1. The van der Waals surface area contributed by atoms with Crippen molar-refractivity contribution in [2.75, 3.05) is 13.7 Å². The van der Waals surface area contributed by atoms with Gasteiger partial charge < -0.3 is 14.9 Å². The monoisotopic (exact) mass is 355 g/mol. The van der Waals surface area contributed by atoms with Crippen molar-refractivity contribution in [3.05, 3.63) is 36.7 Å². The highest BCUT2D eigenvalue weighted by Crippen LogP contribution is 2.22. The molecule has 0 bridgehead atoms. The van der Waals surface area contributed by atoms with E-state index in [1.165, 1.54) is 18.0 Å². The van der Waals surface area contributed by atoms with Crippen molar-refractivity contribution < 1.29 is 28.2 Å². The number of aliphatic hydroxyl groups is 1. The van der Waals surface area contributed by atoms with E-state index in [1.54, 1.807) is 24.3 Å². The molecule has 0 radical (unpaired) electrons. The van der Waals surface area contributed by atoms with Gasteiger partial charge in [-0.1, -0.05) is 12.1 Å². The van der Waals surface area contributed by atoms with Crippen LogP contribution in [0.5, 0.6) is 5.75 Å². The van der Waals surface area contributed by atoms with Crippen LogP contribution in [0.3, 0.4) is 0 Å². The average molecular weight is 355 g/mol. The van der Waals surface area contributed by atoms with E-state index in [0.29, 0.717) is 11.4 Å². The topological polar surface area (TPSA) is 131 Å². The third kappa shape index (κ3) is 3.72. The number of hydrogen-bond donors (Lipinski definition) is 3. The number of aromatic nitrogens is 2. The molecule has 0 spiro atoms. The summed E-state index contributed by atoms with van der Waals surface area (Å²) in [6.07, 6.45) is 2.37. The lowest BCUT2D eigenvalue weighted by Gasteiger charge is -2.17. The molecule has 130 valence electrons. The number of nitrogens with zero attached hydrogens (tertiary/aromatic N) is 2. The van der Waals surface area contributed by atoms with Crippen molar-refractivity contribution in [3.8, 4) is 11.4 Å². The number of hydrogen-bond acceptors (Lipinski definition) is 6. The van der Waals surface area contributed by atoms with Crippen LogP contribution in [0.25, 0.3) is 5.69 Å². The zero-order chi connectivity index (χ0) is 18.0. The van der Waals surface area contributed by atoms with Crippen molar-refractivity contribution >= 4 is 16.0 Å². The van der Waals surface area contributed by atoms with Crippen molar-refractivity contribution in [1.29, 1.82) is 0 Å². The largest absolute Gasteiger partial charge is 0.494 e. The van der Waals surface area contributed by atoms with Gasteiger partial charge in [-0.3, -0.25) is 0 Å². The lowest BCUT2D eigenvalue weighted by Crippen LogP contribution is -2.46. The molecule has 1 aromatic carbocycles. The first-order chi connectivity index (χ1) is 11.2. The Kier molecular flexibility index (Phi) is 4.92. The van der Waals surface area contributed by atoms with Crippen LogP contribution < -0.4 is 9.46 Å². The van der Waals surface area contributed by atoms with Crippen LogP contribution in [0.15, 0.2) is 41.6 Å². The lowest BCUT2D eigenvalue weighted by atomic mass is 10.1. The Labute approximate surface area is 138 Å². The Hall–Kier alpha value is -2.43. The second-order valence-electron chi connectivity index (χ2n) is 5.20. The summed E-state index contributed by atoms with van der Waals surface area (Å²) in [5.41, 5.74) is -1.68. The number of carboxylic acid groups (broad SMARTS) is 1. The van der Waals surface area contributed by atoms with Crippen LogP contribution in [0.2, 0.25) is 0 Å². The highest BCUT2D eigenvalue weighted by molar-refractivity contribution is 7.89. The highest BCUT2D eigenvalue weighted by atomic mass is 32.2. The van der Waals surface area contributed by atoms with Crippen molar-refractivity contribution in [2.24, 2.45) is 0 Å². The van der Waals surface area contributed by atoms with E-state index in [9.17, 15) is 18.3 Å². The maximum absolute atomic E-state index is 12.2. The van der Waals surface area contributed by atoms with E-state index in [4.69, 9.17) is 9.84 Å². The number of methoxy groups -OCH3 is 1. The first kappa shape index (κ1) is 17.9. The number of carboxylic acids is 1. The van der Waals surface area contributed by atoms with Gasteiger partial charge in [-0.15, -0.1) is 0 Å². The molecule has 3 N–H and O–H groups in total. The minimum atomic E-state index is -4.03. The highest BCUT2D eigenvalue weighted by Gasteiger charge is 2.32. The molecule has 1 heterocycles. The fraction of sp³-hybridized carbons (Fsp3) is 0.286. The quantitative estimate of drug-likeness (QED) is 0.637. The van der Waals surface area contributed by atoms with Gasteiger partial charge in [-0.25, -0.2) is 22.6 Å². The van der Waals surface area contributed by atoms with Gasteiger partial charge in [0.15, 0.2) is 5.60 Å². The second-order valence-corrected chi connectivity index (χ2v) is 6.96. The molecule has 10 heteroatoms. The molecule has 1 unspecified atom stereocenters. The van der Waals surface area contributed by atoms with Crippen molar-refractivity contribution in [2.45, 2.75) is 17.4 Å². The summed E-state index contributed by atoms with van der Waals surface area (Å²) < 4.78 is 33.0. The Bertz CT molecular complexity index is 844. The van der Waals surface area contributed by atoms with Crippen LogP contribution in [0.4, 0.5) is 0 Å². The van der Waals surface area contributed by atoms with Gasteiger partial charge in [-0.2, -0.15) is 5.10 Å². The molecule has 24 heavy (non-hydrogen) atoms. The molecule has 2 rings (SSSR count). The summed E-state index contributed by atoms with van der Waals surface area (Å²) in [7, 11) is -2.55. The molecule has 0 amide bonds. The molecule has 9 nitrogen and oxygen atoms in total. The third-order valence-electron chi connectivity index (χ3n) is 3.27. The Morgan fingerprint density at radius 2 is 2.08 bits per heavy atom.